The van der Waals surface area contributed by atoms with Gasteiger partial charge in [-0.3, -0.25) is 9.10 Å². The Morgan fingerprint density at radius 1 is 1.17 bits per heavy atom. The molecule has 29 heavy (non-hydrogen) atoms. The van der Waals surface area contributed by atoms with Crippen LogP contribution in [-0.2, 0) is 19.6 Å². The van der Waals surface area contributed by atoms with E-state index in [9.17, 15) is 18.0 Å². The molecule has 0 spiro atoms. The van der Waals surface area contributed by atoms with E-state index in [4.69, 9.17) is 4.74 Å². The fourth-order valence-electron chi connectivity index (χ4n) is 3.60. The Kier molecular flexibility index (Phi) is 6.95. The zero-order valence-electron chi connectivity index (χ0n) is 16.7. The molecule has 2 aliphatic rings. The molecular formula is C21H28N2O5S. The standard InChI is InChI=1S/C21H28N2O5S/c1-16(20(24)22-13-12-17-6-3-2-4-7-17)28-21(25)18-8-10-19(11-9-18)23-14-5-15-29(23,26)27/h6,8-11,16H,2-5,7,12-15H2,1H3,(H,22,24)/t16-/m0/s1. The van der Waals surface area contributed by atoms with Crippen molar-refractivity contribution in [3.05, 3.63) is 41.5 Å². The van der Waals surface area contributed by atoms with Gasteiger partial charge in [0.05, 0.1) is 17.0 Å². The molecule has 0 radical (unpaired) electrons. The normalized spacial score (nSPS) is 19.3. The summed E-state index contributed by atoms with van der Waals surface area (Å²) in [5.41, 5.74) is 2.18. The van der Waals surface area contributed by atoms with Gasteiger partial charge >= 0.3 is 5.97 Å². The third-order valence-corrected chi connectivity index (χ3v) is 7.14. The van der Waals surface area contributed by atoms with Crippen LogP contribution in [0, 0.1) is 0 Å². The van der Waals surface area contributed by atoms with E-state index in [1.165, 1.54) is 41.8 Å². The van der Waals surface area contributed by atoms with Gasteiger partial charge in [0, 0.05) is 13.1 Å². The second-order valence-electron chi connectivity index (χ2n) is 7.49. The number of esters is 1. The minimum absolute atomic E-state index is 0.140. The molecule has 0 bridgehead atoms. The lowest BCUT2D eigenvalue weighted by Crippen LogP contribution is -2.36. The van der Waals surface area contributed by atoms with Crippen LogP contribution in [0.5, 0.6) is 0 Å². The third kappa shape index (κ3) is 5.59. The van der Waals surface area contributed by atoms with Gasteiger partial charge in [0.1, 0.15) is 0 Å². The molecule has 0 aromatic heterocycles. The molecule has 1 atom stereocenters. The van der Waals surface area contributed by atoms with Crippen LogP contribution in [0.2, 0.25) is 0 Å². The lowest BCUT2D eigenvalue weighted by atomic mass is 9.97. The van der Waals surface area contributed by atoms with E-state index in [0.29, 0.717) is 25.2 Å². The van der Waals surface area contributed by atoms with Gasteiger partial charge in [0.15, 0.2) is 6.10 Å². The molecule has 3 rings (SSSR count). The number of ether oxygens (including phenoxy) is 1. The van der Waals surface area contributed by atoms with Crippen molar-refractivity contribution in [3.8, 4) is 0 Å². The van der Waals surface area contributed by atoms with E-state index in [2.05, 4.69) is 11.4 Å². The average molecular weight is 421 g/mol. The van der Waals surface area contributed by atoms with Crippen LogP contribution >= 0.6 is 0 Å². The van der Waals surface area contributed by atoms with Crippen molar-refractivity contribution in [2.45, 2.75) is 51.6 Å². The van der Waals surface area contributed by atoms with Crippen molar-refractivity contribution in [3.63, 3.8) is 0 Å². The van der Waals surface area contributed by atoms with Gasteiger partial charge in [-0.05, 0) is 69.7 Å². The van der Waals surface area contributed by atoms with E-state index in [-0.39, 0.29) is 17.2 Å². The van der Waals surface area contributed by atoms with Crippen molar-refractivity contribution in [2.24, 2.45) is 0 Å². The first kappa shape index (κ1) is 21.4. The molecule has 158 valence electrons. The molecule has 1 aromatic rings. The molecular weight excluding hydrogens is 392 g/mol. The van der Waals surface area contributed by atoms with Crippen LogP contribution < -0.4 is 9.62 Å². The second-order valence-corrected chi connectivity index (χ2v) is 9.50. The minimum Gasteiger partial charge on any atom is -0.449 e. The Labute approximate surface area is 172 Å². The van der Waals surface area contributed by atoms with Gasteiger partial charge in [-0.15, -0.1) is 0 Å². The number of amides is 1. The highest BCUT2D eigenvalue weighted by Gasteiger charge is 2.28. The fraction of sp³-hybridized carbons (Fsp3) is 0.524. The van der Waals surface area contributed by atoms with E-state index < -0.39 is 22.1 Å². The first-order valence-corrected chi connectivity index (χ1v) is 11.7. The monoisotopic (exact) mass is 420 g/mol. The number of carbonyl (C=O) groups is 2. The molecule has 1 aromatic carbocycles. The number of hydrogen-bond acceptors (Lipinski definition) is 5. The smallest absolute Gasteiger partial charge is 0.338 e. The van der Waals surface area contributed by atoms with Crippen LogP contribution in [0.1, 0.15) is 55.8 Å². The number of allylic oxidation sites excluding steroid dienone is 1. The predicted octanol–water partition coefficient (Wildman–Crippen LogP) is 2.78. The van der Waals surface area contributed by atoms with E-state index in [1.54, 1.807) is 12.1 Å². The minimum atomic E-state index is -3.26. The first-order valence-electron chi connectivity index (χ1n) is 10.1. The highest BCUT2D eigenvalue weighted by Crippen LogP contribution is 2.24. The number of anilines is 1. The molecule has 1 saturated heterocycles. The molecule has 1 aliphatic carbocycles. The number of hydrogen-bond donors (Lipinski definition) is 1. The summed E-state index contributed by atoms with van der Waals surface area (Å²) < 4.78 is 30.5. The number of carbonyl (C=O) groups excluding carboxylic acids is 2. The van der Waals surface area contributed by atoms with Crippen LogP contribution in [0.3, 0.4) is 0 Å². The third-order valence-electron chi connectivity index (χ3n) is 5.27. The van der Waals surface area contributed by atoms with Crippen molar-refractivity contribution in [1.82, 2.24) is 5.32 Å². The Morgan fingerprint density at radius 2 is 1.93 bits per heavy atom. The average Bonchev–Trinajstić information content (AvgIpc) is 3.07. The summed E-state index contributed by atoms with van der Waals surface area (Å²) in [4.78, 5) is 24.5. The lowest BCUT2D eigenvalue weighted by molar-refractivity contribution is -0.129. The largest absolute Gasteiger partial charge is 0.449 e. The van der Waals surface area contributed by atoms with Crippen molar-refractivity contribution >= 4 is 27.6 Å². The highest BCUT2D eigenvalue weighted by atomic mass is 32.2. The van der Waals surface area contributed by atoms with E-state index >= 15 is 0 Å². The Balaban J connectivity index is 1.48. The zero-order valence-corrected chi connectivity index (χ0v) is 17.5. The van der Waals surface area contributed by atoms with Gasteiger partial charge < -0.3 is 10.1 Å². The molecule has 1 fully saturated rings. The van der Waals surface area contributed by atoms with Gasteiger partial charge in [-0.2, -0.15) is 0 Å². The summed E-state index contributed by atoms with van der Waals surface area (Å²) in [5.74, 6) is -0.797. The number of sulfonamides is 1. The fourth-order valence-corrected chi connectivity index (χ4v) is 5.16. The first-order chi connectivity index (χ1) is 13.9. The van der Waals surface area contributed by atoms with Gasteiger partial charge in [0.2, 0.25) is 10.0 Å². The highest BCUT2D eigenvalue weighted by molar-refractivity contribution is 7.93. The number of nitrogens with one attached hydrogen (secondary N) is 1. The van der Waals surface area contributed by atoms with Crippen LogP contribution in [0.25, 0.3) is 0 Å². The maximum Gasteiger partial charge on any atom is 0.338 e. The van der Waals surface area contributed by atoms with Crippen molar-refractivity contribution < 1.29 is 22.7 Å². The summed E-state index contributed by atoms with van der Waals surface area (Å²) in [6, 6.07) is 6.21. The van der Waals surface area contributed by atoms with Crippen molar-refractivity contribution in [1.29, 1.82) is 0 Å². The second kappa shape index (κ2) is 9.43. The summed E-state index contributed by atoms with van der Waals surface area (Å²) in [6.07, 6.45) is 7.41. The summed E-state index contributed by atoms with van der Waals surface area (Å²) in [7, 11) is -3.26. The molecule has 1 amide bonds. The molecule has 7 nitrogen and oxygen atoms in total. The van der Waals surface area contributed by atoms with Gasteiger partial charge in [-0.25, -0.2) is 13.2 Å². The molecule has 0 saturated carbocycles. The molecule has 1 aliphatic heterocycles. The molecule has 1 heterocycles. The summed E-state index contributed by atoms with van der Waals surface area (Å²) in [6.45, 7) is 2.52. The van der Waals surface area contributed by atoms with Gasteiger partial charge in [0.25, 0.3) is 5.91 Å². The maximum atomic E-state index is 12.3. The van der Waals surface area contributed by atoms with Crippen molar-refractivity contribution in [2.75, 3.05) is 23.1 Å². The SMILES string of the molecule is C[C@H](OC(=O)c1ccc(N2CCCS2(=O)=O)cc1)C(=O)NCCC1=CCCCC1. The summed E-state index contributed by atoms with van der Waals surface area (Å²) in [5, 5.41) is 2.81. The molecule has 8 heteroatoms. The Bertz CT molecular complexity index is 877. The quantitative estimate of drug-likeness (QED) is 0.541. The number of benzene rings is 1. The number of rotatable bonds is 7. The van der Waals surface area contributed by atoms with Crippen LogP contribution in [0.15, 0.2) is 35.9 Å². The Morgan fingerprint density at radius 3 is 2.55 bits per heavy atom. The zero-order chi connectivity index (χ0) is 20.9. The maximum absolute atomic E-state index is 12.3. The molecule has 0 unspecified atom stereocenters. The predicted molar refractivity (Wildman–Crippen MR) is 111 cm³/mol. The number of nitrogens with zero attached hydrogens (tertiary/aromatic N) is 1. The van der Waals surface area contributed by atoms with Gasteiger partial charge in [-0.1, -0.05) is 11.6 Å². The van der Waals surface area contributed by atoms with Crippen LogP contribution in [-0.4, -0.2) is 45.2 Å². The Hall–Kier alpha value is -2.35. The molecule has 1 N–H and O–H groups in total. The summed E-state index contributed by atoms with van der Waals surface area (Å²) >= 11 is 0. The topological polar surface area (TPSA) is 92.8 Å². The van der Waals surface area contributed by atoms with E-state index in [0.717, 1.165) is 19.3 Å². The van der Waals surface area contributed by atoms with Crippen LogP contribution in [0.4, 0.5) is 5.69 Å². The lowest BCUT2D eigenvalue weighted by Gasteiger charge is -2.17. The van der Waals surface area contributed by atoms with E-state index in [1.807, 2.05) is 0 Å².